The van der Waals surface area contributed by atoms with E-state index in [0.717, 1.165) is 21.6 Å². The first-order valence-electron chi connectivity index (χ1n) is 14.7. The number of rotatable bonds is 10. The third kappa shape index (κ3) is 7.26. The second-order valence-corrected chi connectivity index (χ2v) is 11.9. The van der Waals surface area contributed by atoms with Gasteiger partial charge in [0.15, 0.2) is 6.29 Å². The predicted octanol–water partition coefficient (Wildman–Crippen LogP) is 3.60. The Morgan fingerprint density at radius 1 is 1.00 bits per heavy atom. The van der Waals surface area contributed by atoms with Gasteiger partial charge >= 0.3 is 6.09 Å². The standard InChI is InChI=1S/C32H32N6O7S/c1-37-31(34-35-36-37)46-19-25-15-27(22-9-7-20(17-39)8-10-22)45-30(44-25)23-11-13-24(14-12-23)38-28(40)16-26(29(38)41)33-32(42)43-18-21-5-3-2-4-6-21/h2-14,25-27,30,39H,15-19H2,1H3,(H,33,42)/t25-,26?,27+,30+/m0/s1. The van der Waals surface area contributed by atoms with Gasteiger partial charge in [0.1, 0.15) is 12.6 Å². The average Bonchev–Trinajstić information content (AvgIpc) is 3.63. The highest BCUT2D eigenvalue weighted by Gasteiger charge is 2.41. The largest absolute Gasteiger partial charge is 0.445 e. The number of imide groups is 1. The molecule has 238 valence electrons. The number of aromatic nitrogens is 4. The first kappa shape index (κ1) is 31.4. The number of tetrazole rings is 1. The number of anilines is 1. The van der Waals surface area contributed by atoms with Crippen LogP contribution < -0.4 is 10.2 Å². The fraction of sp³-hybridized carbons (Fsp3) is 0.312. The van der Waals surface area contributed by atoms with Crippen LogP contribution in [-0.2, 0) is 44.1 Å². The van der Waals surface area contributed by atoms with E-state index in [0.29, 0.717) is 28.6 Å². The molecule has 2 N–H and O–H groups in total. The number of alkyl carbamates (subject to hydrolysis) is 1. The first-order valence-corrected chi connectivity index (χ1v) is 15.7. The molecule has 0 bridgehead atoms. The van der Waals surface area contributed by atoms with Gasteiger partial charge in [-0.05, 0) is 39.2 Å². The zero-order valence-corrected chi connectivity index (χ0v) is 25.7. The van der Waals surface area contributed by atoms with Gasteiger partial charge in [0.2, 0.25) is 11.1 Å². The molecule has 4 aromatic rings. The average molecular weight is 645 g/mol. The molecule has 3 amide bonds. The molecule has 0 radical (unpaired) electrons. The molecule has 0 aliphatic carbocycles. The zero-order chi connectivity index (χ0) is 32.0. The third-order valence-corrected chi connectivity index (χ3v) is 8.81. The van der Waals surface area contributed by atoms with Gasteiger partial charge < -0.3 is 24.6 Å². The predicted molar refractivity (Wildman–Crippen MR) is 165 cm³/mol. The van der Waals surface area contributed by atoms with Crippen LogP contribution in [0, 0.1) is 0 Å². The van der Waals surface area contributed by atoms with Gasteiger partial charge in [0.25, 0.3) is 5.91 Å². The van der Waals surface area contributed by atoms with E-state index in [1.54, 1.807) is 36.0 Å². The number of hydrogen-bond acceptors (Lipinski definition) is 11. The second-order valence-electron chi connectivity index (χ2n) is 10.9. The zero-order valence-electron chi connectivity index (χ0n) is 24.9. The number of nitrogens with one attached hydrogen (secondary N) is 1. The van der Waals surface area contributed by atoms with Crippen molar-refractivity contribution in [1.29, 1.82) is 0 Å². The van der Waals surface area contributed by atoms with E-state index in [9.17, 15) is 19.5 Å². The summed E-state index contributed by atoms with van der Waals surface area (Å²) < 4.78 is 19.6. The quantitative estimate of drug-likeness (QED) is 0.192. The Morgan fingerprint density at radius 3 is 2.43 bits per heavy atom. The molecule has 6 rings (SSSR count). The van der Waals surface area contributed by atoms with Crippen molar-refractivity contribution in [1.82, 2.24) is 25.5 Å². The molecule has 4 atom stereocenters. The highest BCUT2D eigenvalue weighted by Crippen LogP contribution is 2.39. The monoisotopic (exact) mass is 644 g/mol. The Balaban J connectivity index is 1.12. The smallest absolute Gasteiger partial charge is 0.408 e. The normalized spacial score (nSPS) is 21.4. The first-order chi connectivity index (χ1) is 22.4. The molecule has 3 heterocycles. The Bertz CT molecular complexity index is 1670. The number of amides is 3. The van der Waals surface area contributed by atoms with Crippen LogP contribution >= 0.6 is 11.8 Å². The minimum atomic E-state index is -1.03. The van der Waals surface area contributed by atoms with Gasteiger partial charge in [-0.3, -0.25) is 9.59 Å². The molecule has 2 aliphatic heterocycles. The number of aryl methyl sites for hydroxylation is 1. The van der Waals surface area contributed by atoms with E-state index in [1.165, 1.54) is 11.8 Å². The van der Waals surface area contributed by atoms with Crippen LogP contribution in [0.4, 0.5) is 10.5 Å². The SMILES string of the molecule is Cn1nnnc1SC[C@@H]1C[C@H](c2ccc(CO)cc2)O[C@H](c2ccc(N3C(=O)CC(NC(=O)OCc4ccccc4)C3=O)cc2)O1. The van der Waals surface area contributed by atoms with Crippen molar-refractivity contribution in [2.75, 3.05) is 10.7 Å². The summed E-state index contributed by atoms with van der Waals surface area (Å²) in [6.07, 6.45) is -1.59. The second kappa shape index (κ2) is 14.2. The van der Waals surface area contributed by atoms with Crippen LogP contribution in [0.2, 0.25) is 0 Å². The molecule has 13 nitrogen and oxygen atoms in total. The fourth-order valence-corrected chi connectivity index (χ4v) is 6.10. The van der Waals surface area contributed by atoms with Gasteiger partial charge in [0, 0.05) is 24.8 Å². The summed E-state index contributed by atoms with van der Waals surface area (Å²) in [7, 11) is 1.77. The van der Waals surface area contributed by atoms with Gasteiger partial charge in [-0.25, -0.2) is 14.4 Å². The number of benzene rings is 3. The molecule has 46 heavy (non-hydrogen) atoms. The van der Waals surface area contributed by atoms with Gasteiger partial charge in [-0.2, -0.15) is 0 Å². The lowest BCUT2D eigenvalue weighted by molar-refractivity contribution is -0.245. The highest BCUT2D eigenvalue weighted by molar-refractivity contribution is 7.99. The summed E-state index contributed by atoms with van der Waals surface area (Å²) in [6, 6.07) is 22.5. The molecule has 0 spiro atoms. The summed E-state index contributed by atoms with van der Waals surface area (Å²) in [4.78, 5) is 39.4. The van der Waals surface area contributed by atoms with Crippen molar-refractivity contribution >= 4 is 35.4 Å². The van der Waals surface area contributed by atoms with Crippen LogP contribution in [0.5, 0.6) is 0 Å². The lowest BCUT2D eigenvalue weighted by atomic mass is 10.0. The van der Waals surface area contributed by atoms with E-state index < -0.39 is 30.2 Å². The summed E-state index contributed by atoms with van der Waals surface area (Å²) in [5.74, 6) is -0.393. The molecular formula is C32H32N6O7S. The summed E-state index contributed by atoms with van der Waals surface area (Å²) >= 11 is 1.48. The van der Waals surface area contributed by atoms with Crippen molar-refractivity contribution in [3.63, 3.8) is 0 Å². The number of aliphatic hydroxyl groups is 1. The Hall–Kier alpha value is -4.63. The molecular weight excluding hydrogens is 612 g/mol. The molecule has 2 saturated heterocycles. The van der Waals surface area contributed by atoms with E-state index in [1.807, 2.05) is 54.6 Å². The van der Waals surface area contributed by atoms with E-state index >= 15 is 0 Å². The maximum Gasteiger partial charge on any atom is 0.408 e. The fourth-order valence-electron chi connectivity index (χ4n) is 5.24. The van der Waals surface area contributed by atoms with Gasteiger partial charge in [-0.1, -0.05) is 78.5 Å². The number of thioether (sulfide) groups is 1. The molecule has 1 unspecified atom stereocenters. The minimum absolute atomic E-state index is 0.0454. The Morgan fingerprint density at radius 2 is 1.74 bits per heavy atom. The van der Waals surface area contributed by atoms with Crippen molar-refractivity contribution in [2.45, 2.75) is 55.8 Å². The third-order valence-electron chi connectivity index (χ3n) is 7.67. The number of aliphatic hydroxyl groups excluding tert-OH is 1. The van der Waals surface area contributed by atoms with Crippen molar-refractivity contribution in [3.05, 3.63) is 101 Å². The summed E-state index contributed by atoms with van der Waals surface area (Å²) in [5, 5.41) is 24.2. The van der Waals surface area contributed by atoms with E-state index in [2.05, 4.69) is 20.8 Å². The maximum atomic E-state index is 13.1. The van der Waals surface area contributed by atoms with Crippen molar-refractivity contribution in [3.8, 4) is 0 Å². The summed E-state index contributed by atoms with van der Waals surface area (Å²) in [6.45, 7) is -0.00409. The Labute approximate surface area is 268 Å². The molecule has 1 aromatic heterocycles. The molecule has 2 aliphatic rings. The lowest BCUT2D eigenvalue weighted by Crippen LogP contribution is -2.42. The van der Waals surface area contributed by atoms with Gasteiger partial charge in [-0.15, -0.1) is 5.10 Å². The van der Waals surface area contributed by atoms with Crippen molar-refractivity contribution < 1.29 is 33.7 Å². The lowest BCUT2D eigenvalue weighted by Gasteiger charge is -2.36. The summed E-state index contributed by atoms with van der Waals surface area (Å²) in [5.41, 5.74) is 3.63. The Kier molecular flexibility index (Phi) is 9.68. The molecule has 0 saturated carbocycles. The van der Waals surface area contributed by atoms with Gasteiger partial charge in [0.05, 0.1) is 30.9 Å². The topological polar surface area (TPSA) is 158 Å². The number of carbonyl (C=O) groups is 3. The van der Waals surface area contributed by atoms with E-state index in [4.69, 9.17) is 14.2 Å². The highest BCUT2D eigenvalue weighted by atomic mass is 32.2. The number of hydrogen-bond donors (Lipinski definition) is 2. The maximum absolute atomic E-state index is 13.1. The van der Waals surface area contributed by atoms with Crippen LogP contribution in [0.25, 0.3) is 0 Å². The van der Waals surface area contributed by atoms with E-state index in [-0.39, 0.29) is 31.8 Å². The molecule has 14 heteroatoms. The van der Waals surface area contributed by atoms with Crippen LogP contribution in [0.3, 0.4) is 0 Å². The number of nitrogens with zero attached hydrogens (tertiary/aromatic N) is 5. The van der Waals surface area contributed by atoms with Crippen LogP contribution in [0.15, 0.2) is 84.0 Å². The molecule has 3 aromatic carbocycles. The number of ether oxygens (including phenoxy) is 3. The van der Waals surface area contributed by atoms with Crippen LogP contribution in [0.1, 0.15) is 47.5 Å². The van der Waals surface area contributed by atoms with Crippen molar-refractivity contribution in [2.24, 2.45) is 7.05 Å². The minimum Gasteiger partial charge on any atom is -0.445 e. The molecule has 2 fully saturated rings. The number of carbonyl (C=O) groups excluding carboxylic acids is 3. The van der Waals surface area contributed by atoms with Crippen LogP contribution in [-0.4, -0.2) is 61.1 Å².